The Bertz CT molecular complexity index is 1360. The van der Waals surface area contributed by atoms with Crippen molar-refractivity contribution >= 4 is 41.5 Å². The number of piperidine rings is 1. The molecule has 0 aromatic heterocycles. The van der Waals surface area contributed by atoms with Gasteiger partial charge in [0, 0.05) is 25.7 Å². The van der Waals surface area contributed by atoms with E-state index in [4.69, 9.17) is 9.39 Å². The first-order chi connectivity index (χ1) is 19.8. The summed E-state index contributed by atoms with van der Waals surface area (Å²) in [5.41, 5.74) is 3.85. The van der Waals surface area contributed by atoms with E-state index in [1.54, 1.807) is 11.0 Å². The Labute approximate surface area is 255 Å². The van der Waals surface area contributed by atoms with E-state index in [1.165, 1.54) is 12.7 Å². The summed E-state index contributed by atoms with van der Waals surface area (Å²) < 4.78 is 12.1. The van der Waals surface area contributed by atoms with E-state index in [0.29, 0.717) is 28.6 Å². The van der Waals surface area contributed by atoms with Crippen molar-refractivity contribution in [2.75, 3.05) is 20.2 Å². The number of carbonyl (C=O) groups is 2. The number of halogens is 1. The number of likely N-dealkylation sites (tertiary alicyclic amines) is 2. The van der Waals surface area contributed by atoms with E-state index in [2.05, 4.69) is 29.2 Å². The highest BCUT2D eigenvalue weighted by molar-refractivity contribution is 14.1. The molecule has 1 aliphatic carbocycles. The van der Waals surface area contributed by atoms with E-state index < -0.39 is 25.1 Å². The lowest BCUT2D eigenvalue weighted by atomic mass is 9.55. The number of nitrogens with zero attached hydrogens (tertiary/aromatic N) is 2. The van der Waals surface area contributed by atoms with Gasteiger partial charge in [-0.1, -0.05) is 42.8 Å². The van der Waals surface area contributed by atoms with Gasteiger partial charge in [0.05, 0.1) is 28.6 Å². The van der Waals surface area contributed by atoms with Gasteiger partial charge >= 0.3 is 7.12 Å². The second-order valence-corrected chi connectivity index (χ2v) is 12.8. The van der Waals surface area contributed by atoms with E-state index in [9.17, 15) is 19.7 Å². The molecule has 0 radical (unpaired) electrons. The summed E-state index contributed by atoms with van der Waals surface area (Å²) in [6, 6.07) is 13.8. The van der Waals surface area contributed by atoms with Crippen LogP contribution >= 0.6 is 22.6 Å². The van der Waals surface area contributed by atoms with Crippen LogP contribution in [-0.2, 0) is 20.8 Å². The molecule has 2 amide bonds. The van der Waals surface area contributed by atoms with Gasteiger partial charge in [0.1, 0.15) is 0 Å². The number of amides is 2. The Morgan fingerprint density at radius 2 is 1.83 bits per heavy atom. The van der Waals surface area contributed by atoms with Gasteiger partial charge in [-0.15, -0.1) is 0 Å². The topological polar surface area (TPSA) is 99.5 Å². The molecule has 0 bridgehead atoms. The van der Waals surface area contributed by atoms with Crippen molar-refractivity contribution in [3.05, 3.63) is 68.2 Å². The number of benzene rings is 2. The highest BCUT2D eigenvalue weighted by Gasteiger charge is 2.58. The van der Waals surface area contributed by atoms with Crippen LogP contribution < -0.4 is 4.74 Å². The average Bonchev–Trinajstić information content (AvgIpc) is 3.24. The van der Waals surface area contributed by atoms with Crippen LogP contribution in [0.2, 0.25) is 0 Å². The van der Waals surface area contributed by atoms with Gasteiger partial charge in [-0.3, -0.25) is 19.4 Å². The molecule has 216 valence electrons. The molecule has 0 unspecified atom stereocenters. The molecule has 0 spiro atoms. The van der Waals surface area contributed by atoms with Gasteiger partial charge in [-0.25, -0.2) is 0 Å². The van der Waals surface area contributed by atoms with E-state index >= 15 is 0 Å². The molecule has 0 saturated carbocycles. The predicted octanol–water partition coefficient (Wildman–Crippen LogP) is 4.48. The fourth-order valence-electron chi connectivity index (χ4n) is 7.46. The number of phenolic OH excluding ortho intramolecular Hbond substituents is 1. The van der Waals surface area contributed by atoms with Crippen molar-refractivity contribution in [1.29, 1.82) is 0 Å². The van der Waals surface area contributed by atoms with Crippen LogP contribution in [0.1, 0.15) is 56.3 Å². The molecule has 2 aromatic rings. The zero-order valence-electron chi connectivity index (χ0n) is 23.5. The number of carbonyl (C=O) groups excluding carboxylic acids is 2. The lowest BCUT2D eigenvalue weighted by molar-refractivity contribution is -0.144. The monoisotopic (exact) mass is 670 g/mol. The zero-order valence-corrected chi connectivity index (χ0v) is 25.6. The molecular formula is C31H36BIN2O6. The first kappa shape index (κ1) is 28.7. The Kier molecular flexibility index (Phi) is 8.19. The molecule has 2 aromatic carbocycles. The largest absolute Gasteiger partial charge is 0.504 e. The molecule has 3 aliphatic heterocycles. The quantitative estimate of drug-likeness (QED) is 0.266. The van der Waals surface area contributed by atoms with Crippen LogP contribution in [0.4, 0.5) is 0 Å². The molecule has 4 atom stereocenters. The summed E-state index contributed by atoms with van der Waals surface area (Å²) in [5, 5.41) is 21.6. The van der Waals surface area contributed by atoms with Gasteiger partial charge < -0.3 is 19.5 Å². The molecule has 6 rings (SSSR count). The van der Waals surface area contributed by atoms with Crippen LogP contribution in [-0.4, -0.2) is 65.1 Å². The second kappa shape index (κ2) is 11.7. The highest BCUT2D eigenvalue weighted by atomic mass is 127. The number of fused-ring (bicyclic) bond motifs is 3. The third-order valence-corrected chi connectivity index (χ3v) is 10.3. The fraction of sp³-hybridized carbons (Fsp3) is 0.484. The number of hydrogen-bond acceptors (Lipinski definition) is 7. The number of allylic oxidation sites excluding steroid dienone is 2. The third-order valence-electron chi connectivity index (χ3n) is 9.49. The van der Waals surface area contributed by atoms with Crippen LogP contribution in [0.25, 0.3) is 0 Å². The fourth-order valence-corrected chi connectivity index (χ4v) is 8.09. The maximum atomic E-state index is 14.1. The van der Waals surface area contributed by atoms with Crippen molar-refractivity contribution < 1.29 is 29.1 Å². The van der Waals surface area contributed by atoms with Gasteiger partial charge in [-0.2, -0.15) is 0 Å². The number of imide groups is 1. The molecule has 2 N–H and O–H groups in total. The maximum Gasteiger partial charge on any atom is 0.487 e. The minimum absolute atomic E-state index is 0.0510. The number of aromatic hydroxyl groups is 1. The van der Waals surface area contributed by atoms with Gasteiger partial charge in [-0.05, 0) is 89.3 Å². The zero-order chi connectivity index (χ0) is 28.8. The summed E-state index contributed by atoms with van der Waals surface area (Å²) in [7, 11) is 0.347. The Hall–Kier alpha value is -2.41. The lowest BCUT2D eigenvalue weighted by Gasteiger charge is -2.42. The van der Waals surface area contributed by atoms with Crippen molar-refractivity contribution in [2.45, 2.75) is 57.7 Å². The average molecular weight is 670 g/mol. The van der Waals surface area contributed by atoms with Gasteiger partial charge in [0.15, 0.2) is 11.5 Å². The van der Waals surface area contributed by atoms with Crippen molar-refractivity contribution in [1.82, 2.24) is 9.80 Å². The number of hydrogen-bond donors (Lipinski definition) is 2. The Balaban J connectivity index is 1.23. The summed E-state index contributed by atoms with van der Waals surface area (Å²) >= 11 is 2.05. The van der Waals surface area contributed by atoms with E-state index in [1.807, 2.05) is 41.6 Å². The van der Waals surface area contributed by atoms with Crippen LogP contribution in [0.15, 0.2) is 53.5 Å². The first-order valence-electron chi connectivity index (χ1n) is 14.6. The number of methoxy groups -OCH3 is 1. The molecular weight excluding hydrogens is 634 g/mol. The Morgan fingerprint density at radius 3 is 2.51 bits per heavy atom. The smallest absolute Gasteiger partial charge is 0.487 e. The van der Waals surface area contributed by atoms with Gasteiger partial charge in [0.2, 0.25) is 11.8 Å². The molecule has 3 heterocycles. The number of phenols is 1. The molecule has 3 fully saturated rings. The van der Waals surface area contributed by atoms with E-state index in [0.717, 1.165) is 49.1 Å². The van der Waals surface area contributed by atoms with Gasteiger partial charge in [0.25, 0.3) is 0 Å². The van der Waals surface area contributed by atoms with Crippen LogP contribution in [0.3, 0.4) is 0 Å². The molecule has 4 aliphatic rings. The SMILES string of the molecule is CCC1=C2B(O)O[C@H](c3cc(I)c(O)c(OC)c3)C[C@H]2[C@H]2C(=O)N(C3CCN(Cc4ccccc4)CC3)C(=O)[C@H]2C1. The van der Waals surface area contributed by atoms with Crippen LogP contribution in [0.5, 0.6) is 11.5 Å². The molecule has 3 saturated heterocycles. The predicted molar refractivity (Wildman–Crippen MR) is 163 cm³/mol. The number of ether oxygens (including phenoxy) is 1. The Morgan fingerprint density at radius 1 is 1.10 bits per heavy atom. The van der Waals surface area contributed by atoms with Crippen molar-refractivity contribution in [2.24, 2.45) is 17.8 Å². The molecule has 41 heavy (non-hydrogen) atoms. The molecule has 10 heteroatoms. The standard InChI is InChI=1S/C31H36BIN2O6/c1-3-19-13-23-27(22-16-25(41-32(39)28(19)22)20-14-24(33)29(36)26(15-20)40-2)31(38)35(30(23)37)21-9-11-34(12-10-21)17-18-7-5-4-6-8-18/h4-8,14-15,21-23,25,27,36,39H,3,9-13,16-17H2,1-2H3/t22-,23-,25-,27+/m0/s1. The summed E-state index contributed by atoms with van der Waals surface area (Å²) in [6.45, 7) is 4.59. The summed E-state index contributed by atoms with van der Waals surface area (Å²) in [4.78, 5) is 32.0. The first-order valence-corrected chi connectivity index (χ1v) is 15.6. The third kappa shape index (κ3) is 5.21. The van der Waals surface area contributed by atoms with Crippen molar-refractivity contribution in [3.8, 4) is 11.5 Å². The second-order valence-electron chi connectivity index (χ2n) is 11.7. The minimum atomic E-state index is -1.15. The van der Waals surface area contributed by atoms with E-state index in [-0.39, 0.29) is 29.5 Å². The van der Waals surface area contributed by atoms with Crippen molar-refractivity contribution in [3.63, 3.8) is 0 Å². The minimum Gasteiger partial charge on any atom is -0.504 e. The number of rotatable bonds is 6. The normalized spacial score (nSPS) is 27.3. The van der Waals surface area contributed by atoms with Crippen LogP contribution in [0, 0.1) is 21.3 Å². The summed E-state index contributed by atoms with van der Waals surface area (Å²) in [6.07, 6.45) is 2.71. The highest BCUT2D eigenvalue weighted by Crippen LogP contribution is 2.53. The summed E-state index contributed by atoms with van der Waals surface area (Å²) in [5.74, 6) is -0.923. The maximum absolute atomic E-state index is 14.1. The molecule has 8 nitrogen and oxygen atoms in total. The lowest BCUT2D eigenvalue weighted by Crippen LogP contribution is -2.48.